The molecule has 1 fully saturated rings. The maximum absolute atomic E-state index is 13.7. The Morgan fingerprint density at radius 2 is 2.42 bits per heavy atom. The maximum atomic E-state index is 13.7. The van der Waals surface area contributed by atoms with Crippen LogP contribution in [0.25, 0.3) is 0 Å². The van der Waals surface area contributed by atoms with Crippen LogP contribution in [0.2, 0.25) is 0 Å². The molecule has 1 amide bonds. The van der Waals surface area contributed by atoms with E-state index in [0.717, 1.165) is 6.54 Å². The lowest BCUT2D eigenvalue weighted by Gasteiger charge is -2.26. The second kappa shape index (κ2) is 5.98. The van der Waals surface area contributed by atoms with Crippen LogP contribution in [0, 0.1) is 11.2 Å². The van der Waals surface area contributed by atoms with Gasteiger partial charge in [0.2, 0.25) is 5.91 Å². The van der Waals surface area contributed by atoms with Crippen molar-refractivity contribution in [2.45, 2.75) is 6.42 Å². The number of rotatable bonds is 4. The third kappa shape index (κ3) is 3.13. The Kier molecular flexibility index (Phi) is 4.54. The van der Waals surface area contributed by atoms with Gasteiger partial charge in [-0.2, -0.15) is 0 Å². The van der Waals surface area contributed by atoms with Gasteiger partial charge in [0, 0.05) is 18.1 Å². The first-order valence-corrected chi connectivity index (χ1v) is 6.83. The molecule has 1 aliphatic rings. The zero-order valence-electron chi connectivity index (χ0n) is 10.6. The Morgan fingerprint density at radius 1 is 1.63 bits per heavy atom. The second-order valence-corrected chi connectivity index (χ2v) is 5.63. The van der Waals surface area contributed by atoms with E-state index in [9.17, 15) is 9.18 Å². The number of carbonyl (C=O) groups excluding carboxylic acids is 1. The highest BCUT2D eigenvalue weighted by atomic mass is 79.9. The number of amides is 1. The molecule has 4 nitrogen and oxygen atoms in total. The normalized spacial score (nSPS) is 22.5. The van der Waals surface area contributed by atoms with Crippen molar-refractivity contribution in [3.63, 3.8) is 0 Å². The number of halogens is 2. The van der Waals surface area contributed by atoms with Gasteiger partial charge in [0.15, 0.2) is 0 Å². The van der Waals surface area contributed by atoms with Crippen molar-refractivity contribution in [1.29, 1.82) is 0 Å². The SMILES string of the molecule is COCC1(C(=O)Nc2ccc(Br)cc2F)CCNC1. The summed E-state index contributed by atoms with van der Waals surface area (Å²) in [4.78, 5) is 12.4. The van der Waals surface area contributed by atoms with E-state index in [1.165, 1.54) is 6.07 Å². The second-order valence-electron chi connectivity index (χ2n) is 4.72. The maximum Gasteiger partial charge on any atom is 0.234 e. The number of ether oxygens (including phenoxy) is 1. The van der Waals surface area contributed by atoms with Gasteiger partial charge < -0.3 is 15.4 Å². The molecule has 1 saturated heterocycles. The van der Waals surface area contributed by atoms with Crippen molar-refractivity contribution in [1.82, 2.24) is 5.32 Å². The molecule has 2 rings (SSSR count). The largest absolute Gasteiger partial charge is 0.384 e. The van der Waals surface area contributed by atoms with Gasteiger partial charge in [-0.25, -0.2) is 4.39 Å². The molecule has 1 atom stereocenters. The highest BCUT2D eigenvalue weighted by Gasteiger charge is 2.41. The van der Waals surface area contributed by atoms with Crippen LogP contribution in [-0.4, -0.2) is 32.7 Å². The number of anilines is 1. The highest BCUT2D eigenvalue weighted by Crippen LogP contribution is 2.29. The zero-order valence-corrected chi connectivity index (χ0v) is 12.2. The molecule has 104 valence electrons. The summed E-state index contributed by atoms with van der Waals surface area (Å²) in [6, 6.07) is 4.56. The quantitative estimate of drug-likeness (QED) is 0.889. The molecular weight excluding hydrogens is 315 g/mol. The molecule has 2 N–H and O–H groups in total. The van der Waals surface area contributed by atoms with Gasteiger partial charge >= 0.3 is 0 Å². The van der Waals surface area contributed by atoms with Crippen molar-refractivity contribution in [2.24, 2.45) is 5.41 Å². The molecule has 1 aliphatic heterocycles. The molecule has 1 unspecified atom stereocenters. The molecule has 19 heavy (non-hydrogen) atoms. The summed E-state index contributed by atoms with van der Waals surface area (Å²) in [5.74, 6) is -0.665. The fraction of sp³-hybridized carbons (Fsp3) is 0.462. The van der Waals surface area contributed by atoms with E-state index in [-0.39, 0.29) is 11.6 Å². The number of carbonyl (C=O) groups is 1. The third-order valence-electron chi connectivity index (χ3n) is 3.33. The lowest BCUT2D eigenvalue weighted by atomic mass is 9.87. The van der Waals surface area contributed by atoms with Gasteiger partial charge in [-0.1, -0.05) is 15.9 Å². The lowest BCUT2D eigenvalue weighted by molar-refractivity contribution is -0.127. The van der Waals surface area contributed by atoms with E-state index >= 15 is 0 Å². The van der Waals surface area contributed by atoms with Crippen LogP contribution in [0.3, 0.4) is 0 Å². The fourth-order valence-electron chi connectivity index (χ4n) is 2.25. The van der Waals surface area contributed by atoms with Crippen LogP contribution in [0.4, 0.5) is 10.1 Å². The Bertz CT molecular complexity index is 476. The molecule has 0 aromatic heterocycles. The van der Waals surface area contributed by atoms with Crippen LogP contribution in [-0.2, 0) is 9.53 Å². The van der Waals surface area contributed by atoms with E-state index < -0.39 is 11.2 Å². The van der Waals surface area contributed by atoms with Crippen LogP contribution < -0.4 is 10.6 Å². The lowest BCUT2D eigenvalue weighted by Crippen LogP contribution is -2.42. The summed E-state index contributed by atoms with van der Waals surface area (Å²) < 4.78 is 19.5. The molecule has 1 heterocycles. The minimum atomic E-state index is -0.617. The summed E-state index contributed by atoms with van der Waals surface area (Å²) >= 11 is 3.18. The summed E-state index contributed by atoms with van der Waals surface area (Å²) in [5.41, 5.74) is -0.426. The van der Waals surface area contributed by atoms with Gasteiger partial charge in [0.05, 0.1) is 17.7 Å². The number of hydrogen-bond donors (Lipinski definition) is 2. The van der Waals surface area contributed by atoms with E-state index in [1.54, 1.807) is 19.2 Å². The first kappa shape index (κ1) is 14.4. The summed E-state index contributed by atoms with van der Waals surface area (Å²) in [6.07, 6.45) is 0.685. The van der Waals surface area contributed by atoms with Gasteiger partial charge in [-0.3, -0.25) is 4.79 Å². The van der Waals surface area contributed by atoms with Crippen molar-refractivity contribution in [3.05, 3.63) is 28.5 Å². The number of benzene rings is 1. The van der Waals surface area contributed by atoms with Gasteiger partial charge in [0.25, 0.3) is 0 Å². The predicted octanol–water partition coefficient (Wildman–Crippen LogP) is 2.15. The number of methoxy groups -OCH3 is 1. The van der Waals surface area contributed by atoms with Gasteiger partial charge in [-0.15, -0.1) is 0 Å². The Morgan fingerprint density at radius 3 is 3.00 bits per heavy atom. The topological polar surface area (TPSA) is 50.4 Å². The molecule has 0 bridgehead atoms. The first-order chi connectivity index (χ1) is 9.07. The Balaban J connectivity index is 2.15. The summed E-state index contributed by atoms with van der Waals surface area (Å²) in [5, 5.41) is 5.80. The van der Waals surface area contributed by atoms with E-state index in [1.807, 2.05) is 0 Å². The fourth-order valence-corrected chi connectivity index (χ4v) is 2.58. The van der Waals surface area contributed by atoms with Gasteiger partial charge in [-0.05, 0) is 31.2 Å². The monoisotopic (exact) mass is 330 g/mol. The summed E-state index contributed by atoms with van der Waals surface area (Å²) in [7, 11) is 1.56. The predicted molar refractivity (Wildman–Crippen MR) is 74.5 cm³/mol. The minimum absolute atomic E-state index is 0.190. The molecule has 0 spiro atoms. The molecular formula is C13H16BrFN2O2. The molecule has 0 radical (unpaired) electrons. The molecule has 6 heteroatoms. The highest BCUT2D eigenvalue weighted by molar-refractivity contribution is 9.10. The molecule has 0 saturated carbocycles. The first-order valence-electron chi connectivity index (χ1n) is 6.03. The molecule has 1 aromatic rings. The van der Waals surface area contributed by atoms with Crippen LogP contribution in [0.5, 0.6) is 0 Å². The van der Waals surface area contributed by atoms with Crippen LogP contribution in [0.1, 0.15) is 6.42 Å². The van der Waals surface area contributed by atoms with Gasteiger partial charge in [0.1, 0.15) is 5.82 Å². The smallest absolute Gasteiger partial charge is 0.234 e. The van der Waals surface area contributed by atoms with E-state index in [0.29, 0.717) is 24.0 Å². The Hall–Kier alpha value is -0.980. The van der Waals surface area contributed by atoms with Crippen molar-refractivity contribution in [3.8, 4) is 0 Å². The number of hydrogen-bond acceptors (Lipinski definition) is 3. The van der Waals surface area contributed by atoms with Crippen molar-refractivity contribution in [2.75, 3.05) is 32.1 Å². The molecule has 0 aliphatic carbocycles. The number of nitrogens with one attached hydrogen (secondary N) is 2. The zero-order chi connectivity index (χ0) is 13.9. The average Bonchev–Trinajstić information content (AvgIpc) is 2.83. The van der Waals surface area contributed by atoms with Crippen LogP contribution in [0.15, 0.2) is 22.7 Å². The van der Waals surface area contributed by atoms with E-state index in [2.05, 4.69) is 26.6 Å². The Labute approximate surface area is 119 Å². The third-order valence-corrected chi connectivity index (χ3v) is 3.82. The summed E-state index contributed by atoms with van der Waals surface area (Å²) in [6.45, 7) is 1.63. The van der Waals surface area contributed by atoms with Crippen molar-refractivity contribution < 1.29 is 13.9 Å². The van der Waals surface area contributed by atoms with Crippen LogP contribution >= 0.6 is 15.9 Å². The molecule has 1 aromatic carbocycles. The van der Waals surface area contributed by atoms with Crippen molar-refractivity contribution >= 4 is 27.5 Å². The minimum Gasteiger partial charge on any atom is -0.384 e. The average molecular weight is 331 g/mol. The standard InChI is InChI=1S/C13H16BrFN2O2/c1-19-8-13(4-5-16-7-13)12(18)17-11-3-2-9(14)6-10(11)15/h2-3,6,16H,4-5,7-8H2,1H3,(H,17,18). The van der Waals surface area contributed by atoms with E-state index in [4.69, 9.17) is 4.74 Å².